The maximum atomic E-state index is 11.9. The van der Waals surface area contributed by atoms with Gasteiger partial charge in [-0.15, -0.1) is 0 Å². The van der Waals surface area contributed by atoms with E-state index in [4.69, 9.17) is 9.47 Å². The van der Waals surface area contributed by atoms with Gasteiger partial charge in [-0.3, -0.25) is 4.79 Å². The first-order valence-electron chi connectivity index (χ1n) is 7.27. The molecule has 0 radical (unpaired) electrons. The fourth-order valence-corrected chi connectivity index (χ4v) is 2.58. The van der Waals surface area contributed by atoms with E-state index in [0.717, 1.165) is 32.8 Å². The highest BCUT2D eigenvalue weighted by Gasteiger charge is 2.13. The molecule has 1 heterocycles. The van der Waals surface area contributed by atoms with E-state index in [2.05, 4.69) is 26.6 Å². The number of fused-ring (bicyclic) bond motifs is 1. The van der Waals surface area contributed by atoms with E-state index < -0.39 is 0 Å². The van der Waals surface area contributed by atoms with Gasteiger partial charge in [0.15, 0.2) is 11.5 Å². The Labute approximate surface area is 143 Å². The summed E-state index contributed by atoms with van der Waals surface area (Å²) in [4.78, 5) is 11.9. The lowest BCUT2D eigenvalue weighted by molar-refractivity contribution is -0.119. The number of ether oxygens (including phenoxy) is 2. The van der Waals surface area contributed by atoms with E-state index in [9.17, 15) is 4.79 Å². The number of rotatable bonds is 5. The number of halogens is 1. The van der Waals surface area contributed by atoms with Gasteiger partial charge in [0.2, 0.25) is 12.7 Å². The van der Waals surface area contributed by atoms with Gasteiger partial charge < -0.3 is 20.1 Å². The zero-order valence-electron chi connectivity index (χ0n) is 12.7. The molecule has 2 aromatic rings. The number of aryl methyl sites for hydroxylation is 1. The SMILES string of the molecule is Cc1ccc(NCC(=O)NCc2ccc3c(c2)OCO3)cc1Br. The molecule has 2 aromatic carbocycles. The topological polar surface area (TPSA) is 59.6 Å². The van der Waals surface area contributed by atoms with Crippen LogP contribution in [0.25, 0.3) is 0 Å². The summed E-state index contributed by atoms with van der Waals surface area (Å²) < 4.78 is 11.6. The lowest BCUT2D eigenvalue weighted by Crippen LogP contribution is -2.29. The minimum absolute atomic E-state index is 0.0700. The molecule has 1 aliphatic rings. The summed E-state index contributed by atoms with van der Waals surface area (Å²) in [6.45, 7) is 2.95. The Bertz CT molecular complexity index is 734. The second-order valence-electron chi connectivity index (χ2n) is 5.28. The average Bonchev–Trinajstić information content (AvgIpc) is 3.01. The standard InChI is InChI=1S/C17H17BrN2O3/c1-11-2-4-13(7-14(11)18)19-9-17(21)20-8-12-3-5-15-16(6-12)23-10-22-15/h2-7,19H,8-10H2,1H3,(H,20,21). The average molecular weight is 377 g/mol. The molecule has 1 amide bonds. The van der Waals surface area contributed by atoms with Crippen molar-refractivity contribution in [3.05, 3.63) is 52.0 Å². The van der Waals surface area contributed by atoms with Crippen LogP contribution >= 0.6 is 15.9 Å². The van der Waals surface area contributed by atoms with Crippen LogP contribution in [-0.4, -0.2) is 19.2 Å². The number of carbonyl (C=O) groups is 1. The van der Waals surface area contributed by atoms with Crippen LogP contribution in [-0.2, 0) is 11.3 Å². The summed E-state index contributed by atoms with van der Waals surface area (Å²) >= 11 is 3.48. The predicted molar refractivity (Wildman–Crippen MR) is 91.8 cm³/mol. The summed E-state index contributed by atoms with van der Waals surface area (Å²) in [5.41, 5.74) is 3.03. The lowest BCUT2D eigenvalue weighted by Gasteiger charge is -2.09. The third-order valence-corrected chi connectivity index (χ3v) is 4.41. The summed E-state index contributed by atoms with van der Waals surface area (Å²) in [5, 5.41) is 5.98. The minimum atomic E-state index is -0.0700. The van der Waals surface area contributed by atoms with Gasteiger partial charge in [-0.2, -0.15) is 0 Å². The van der Waals surface area contributed by atoms with Crippen molar-refractivity contribution in [3.63, 3.8) is 0 Å². The maximum Gasteiger partial charge on any atom is 0.239 e. The van der Waals surface area contributed by atoms with Crippen LogP contribution in [0.15, 0.2) is 40.9 Å². The number of nitrogens with one attached hydrogen (secondary N) is 2. The molecule has 23 heavy (non-hydrogen) atoms. The van der Waals surface area contributed by atoms with E-state index in [1.165, 1.54) is 0 Å². The first kappa shape index (κ1) is 15.7. The van der Waals surface area contributed by atoms with Gasteiger partial charge >= 0.3 is 0 Å². The van der Waals surface area contributed by atoms with Gasteiger partial charge in [0.1, 0.15) is 0 Å². The van der Waals surface area contributed by atoms with Crippen LogP contribution in [0.2, 0.25) is 0 Å². The van der Waals surface area contributed by atoms with Crippen molar-refractivity contribution in [1.82, 2.24) is 5.32 Å². The molecule has 120 valence electrons. The monoisotopic (exact) mass is 376 g/mol. The number of hydrogen-bond donors (Lipinski definition) is 2. The Kier molecular flexibility index (Phi) is 4.71. The molecule has 1 aliphatic heterocycles. The quantitative estimate of drug-likeness (QED) is 0.840. The van der Waals surface area contributed by atoms with E-state index in [1.54, 1.807) is 0 Å². The maximum absolute atomic E-state index is 11.9. The minimum Gasteiger partial charge on any atom is -0.454 e. The molecule has 0 saturated carbocycles. The van der Waals surface area contributed by atoms with Crippen molar-refractivity contribution >= 4 is 27.5 Å². The van der Waals surface area contributed by atoms with Crippen LogP contribution in [0.1, 0.15) is 11.1 Å². The number of benzene rings is 2. The molecule has 3 rings (SSSR count). The van der Waals surface area contributed by atoms with Crippen LogP contribution in [0.5, 0.6) is 11.5 Å². The summed E-state index contributed by atoms with van der Waals surface area (Å²) in [7, 11) is 0. The molecule has 0 spiro atoms. The molecule has 0 fully saturated rings. The largest absolute Gasteiger partial charge is 0.454 e. The molecule has 0 atom stereocenters. The van der Waals surface area contributed by atoms with Crippen LogP contribution < -0.4 is 20.1 Å². The molecule has 0 bridgehead atoms. The van der Waals surface area contributed by atoms with Gasteiger partial charge in [-0.25, -0.2) is 0 Å². The van der Waals surface area contributed by atoms with Crippen LogP contribution in [0.4, 0.5) is 5.69 Å². The van der Waals surface area contributed by atoms with Crippen molar-refractivity contribution in [2.75, 3.05) is 18.7 Å². The fraction of sp³-hybridized carbons (Fsp3) is 0.235. The van der Waals surface area contributed by atoms with Crippen molar-refractivity contribution < 1.29 is 14.3 Å². The highest BCUT2D eigenvalue weighted by Crippen LogP contribution is 2.32. The van der Waals surface area contributed by atoms with E-state index in [1.807, 2.05) is 43.3 Å². The van der Waals surface area contributed by atoms with Gasteiger partial charge in [-0.1, -0.05) is 28.1 Å². The molecule has 5 nitrogen and oxygen atoms in total. The Morgan fingerprint density at radius 3 is 2.83 bits per heavy atom. The first-order valence-corrected chi connectivity index (χ1v) is 8.06. The summed E-state index contributed by atoms with van der Waals surface area (Å²) in [5.74, 6) is 1.39. The first-order chi connectivity index (χ1) is 11.1. The van der Waals surface area contributed by atoms with Gasteiger partial charge in [-0.05, 0) is 42.3 Å². The third kappa shape index (κ3) is 3.96. The Morgan fingerprint density at radius 2 is 2.00 bits per heavy atom. The Morgan fingerprint density at radius 1 is 1.17 bits per heavy atom. The van der Waals surface area contributed by atoms with Gasteiger partial charge in [0.05, 0.1) is 6.54 Å². The molecule has 0 aromatic heterocycles. The molecular weight excluding hydrogens is 360 g/mol. The van der Waals surface area contributed by atoms with Crippen molar-refractivity contribution in [2.24, 2.45) is 0 Å². The van der Waals surface area contributed by atoms with Crippen LogP contribution in [0.3, 0.4) is 0 Å². The number of carbonyl (C=O) groups excluding carboxylic acids is 1. The zero-order chi connectivity index (χ0) is 16.2. The van der Waals surface area contributed by atoms with E-state index in [-0.39, 0.29) is 19.2 Å². The molecule has 6 heteroatoms. The molecule has 0 aliphatic carbocycles. The second-order valence-corrected chi connectivity index (χ2v) is 6.14. The van der Waals surface area contributed by atoms with Crippen LogP contribution in [0, 0.1) is 6.92 Å². The Balaban J connectivity index is 1.48. The number of hydrogen-bond acceptors (Lipinski definition) is 4. The van der Waals surface area contributed by atoms with E-state index >= 15 is 0 Å². The van der Waals surface area contributed by atoms with E-state index in [0.29, 0.717) is 6.54 Å². The molecule has 2 N–H and O–H groups in total. The summed E-state index contributed by atoms with van der Waals surface area (Å²) in [6.07, 6.45) is 0. The highest BCUT2D eigenvalue weighted by atomic mass is 79.9. The summed E-state index contributed by atoms with van der Waals surface area (Å²) in [6, 6.07) is 11.6. The van der Waals surface area contributed by atoms with Crippen molar-refractivity contribution in [1.29, 1.82) is 0 Å². The molecule has 0 unspecified atom stereocenters. The van der Waals surface area contributed by atoms with Gasteiger partial charge in [0.25, 0.3) is 0 Å². The van der Waals surface area contributed by atoms with Gasteiger partial charge in [0, 0.05) is 16.7 Å². The third-order valence-electron chi connectivity index (χ3n) is 3.55. The highest BCUT2D eigenvalue weighted by molar-refractivity contribution is 9.10. The predicted octanol–water partition coefficient (Wildman–Crippen LogP) is 3.21. The second kappa shape index (κ2) is 6.91. The smallest absolute Gasteiger partial charge is 0.239 e. The lowest BCUT2D eigenvalue weighted by atomic mass is 10.2. The zero-order valence-corrected chi connectivity index (χ0v) is 14.3. The molecule has 0 saturated heterocycles. The fourth-order valence-electron chi connectivity index (χ4n) is 2.20. The Hall–Kier alpha value is -2.21. The van der Waals surface area contributed by atoms with Crippen molar-refractivity contribution in [2.45, 2.75) is 13.5 Å². The number of amides is 1. The number of anilines is 1. The van der Waals surface area contributed by atoms with Crippen molar-refractivity contribution in [3.8, 4) is 11.5 Å². The normalized spacial score (nSPS) is 12.1. The molecular formula is C17H17BrN2O3.